The molecular formula is C19H23N5O. The van der Waals surface area contributed by atoms with E-state index in [1.165, 1.54) is 0 Å². The molecule has 0 unspecified atom stereocenters. The summed E-state index contributed by atoms with van der Waals surface area (Å²) >= 11 is 0. The van der Waals surface area contributed by atoms with Crippen LogP contribution in [0.3, 0.4) is 0 Å². The molecule has 1 amide bonds. The van der Waals surface area contributed by atoms with E-state index in [1.807, 2.05) is 53.6 Å². The zero-order chi connectivity index (χ0) is 17.2. The van der Waals surface area contributed by atoms with E-state index in [0.29, 0.717) is 6.04 Å². The Morgan fingerprint density at radius 1 is 1.20 bits per heavy atom. The van der Waals surface area contributed by atoms with E-state index < -0.39 is 0 Å². The number of hydrazone groups is 1. The molecule has 4 rings (SSSR count). The zero-order valence-corrected chi connectivity index (χ0v) is 14.5. The van der Waals surface area contributed by atoms with Gasteiger partial charge in [0.05, 0.1) is 18.1 Å². The van der Waals surface area contributed by atoms with Crippen molar-refractivity contribution >= 4 is 17.3 Å². The molecular weight excluding hydrogens is 314 g/mol. The van der Waals surface area contributed by atoms with E-state index in [1.54, 1.807) is 6.20 Å². The lowest BCUT2D eigenvalue weighted by Crippen LogP contribution is -2.40. The first-order valence-corrected chi connectivity index (χ1v) is 8.89. The van der Waals surface area contributed by atoms with Crippen LogP contribution in [0.2, 0.25) is 0 Å². The second-order valence-corrected chi connectivity index (χ2v) is 6.81. The fourth-order valence-electron chi connectivity index (χ4n) is 3.59. The highest BCUT2D eigenvalue weighted by Crippen LogP contribution is 2.24. The molecule has 130 valence electrons. The van der Waals surface area contributed by atoms with Gasteiger partial charge >= 0.3 is 0 Å². The number of anilines is 1. The fraction of sp³-hybridized carbons (Fsp3) is 0.421. The van der Waals surface area contributed by atoms with E-state index >= 15 is 0 Å². The van der Waals surface area contributed by atoms with Gasteiger partial charge in [-0.15, -0.1) is 0 Å². The summed E-state index contributed by atoms with van der Waals surface area (Å²) in [5, 5.41) is 6.51. The number of nitrogens with zero attached hydrogens (tertiary/aromatic N) is 5. The number of imidazole rings is 1. The van der Waals surface area contributed by atoms with Crippen molar-refractivity contribution in [1.82, 2.24) is 14.5 Å². The Morgan fingerprint density at radius 2 is 2.04 bits per heavy atom. The Bertz CT molecular complexity index is 766. The van der Waals surface area contributed by atoms with Crippen molar-refractivity contribution in [2.24, 2.45) is 5.10 Å². The number of amides is 1. The van der Waals surface area contributed by atoms with Gasteiger partial charge in [-0.1, -0.05) is 0 Å². The number of likely N-dealkylation sites (tertiary alicyclic amines) is 1. The molecule has 1 fully saturated rings. The monoisotopic (exact) mass is 337 g/mol. The molecule has 0 spiro atoms. The summed E-state index contributed by atoms with van der Waals surface area (Å²) in [6.07, 6.45) is 8.73. The molecule has 1 saturated heterocycles. The van der Waals surface area contributed by atoms with Crippen LogP contribution in [0.15, 0.2) is 48.1 Å². The molecule has 2 aliphatic rings. The first-order valence-electron chi connectivity index (χ1n) is 8.89. The van der Waals surface area contributed by atoms with Gasteiger partial charge in [-0.2, -0.15) is 5.10 Å². The van der Waals surface area contributed by atoms with E-state index in [9.17, 15) is 4.79 Å². The maximum absolute atomic E-state index is 12.9. The van der Waals surface area contributed by atoms with E-state index in [-0.39, 0.29) is 5.91 Å². The van der Waals surface area contributed by atoms with Gasteiger partial charge in [0.2, 0.25) is 0 Å². The normalized spacial score (nSPS) is 20.7. The fourth-order valence-corrected chi connectivity index (χ4v) is 3.59. The van der Waals surface area contributed by atoms with Gasteiger partial charge in [-0.05, 0) is 44.0 Å². The van der Waals surface area contributed by atoms with Crippen LogP contribution in [0.1, 0.15) is 42.6 Å². The third-order valence-electron chi connectivity index (χ3n) is 5.02. The van der Waals surface area contributed by atoms with Gasteiger partial charge < -0.3 is 9.47 Å². The smallest absolute Gasteiger partial charge is 0.253 e. The third kappa shape index (κ3) is 3.29. The summed E-state index contributed by atoms with van der Waals surface area (Å²) in [6.45, 7) is 4.52. The van der Waals surface area contributed by atoms with Crippen LogP contribution < -0.4 is 5.01 Å². The van der Waals surface area contributed by atoms with E-state index in [4.69, 9.17) is 0 Å². The molecule has 0 bridgehead atoms. The predicted molar refractivity (Wildman–Crippen MR) is 97.9 cm³/mol. The summed E-state index contributed by atoms with van der Waals surface area (Å²) in [4.78, 5) is 18.9. The van der Waals surface area contributed by atoms with Crippen LogP contribution >= 0.6 is 0 Å². The lowest BCUT2D eigenvalue weighted by atomic mass is 10.0. The Balaban J connectivity index is 1.45. The highest BCUT2D eigenvalue weighted by Gasteiger charge is 2.25. The van der Waals surface area contributed by atoms with Crippen LogP contribution in [0, 0.1) is 0 Å². The molecule has 25 heavy (non-hydrogen) atoms. The Hall–Kier alpha value is -2.63. The molecule has 1 aromatic carbocycles. The molecule has 1 atom stereocenters. The van der Waals surface area contributed by atoms with Gasteiger partial charge in [0.25, 0.3) is 5.91 Å². The van der Waals surface area contributed by atoms with Crippen molar-refractivity contribution in [3.8, 4) is 0 Å². The van der Waals surface area contributed by atoms with E-state index in [0.717, 1.165) is 55.9 Å². The summed E-state index contributed by atoms with van der Waals surface area (Å²) in [7, 11) is 0. The molecule has 0 N–H and O–H groups in total. The minimum Gasteiger partial charge on any atom is -0.337 e. The predicted octanol–water partition coefficient (Wildman–Crippen LogP) is 2.95. The maximum Gasteiger partial charge on any atom is 0.253 e. The summed E-state index contributed by atoms with van der Waals surface area (Å²) in [5.41, 5.74) is 2.94. The number of carbonyl (C=O) groups is 1. The van der Waals surface area contributed by atoms with Crippen LogP contribution in [0.4, 0.5) is 5.69 Å². The number of rotatable bonds is 3. The minimum absolute atomic E-state index is 0.109. The van der Waals surface area contributed by atoms with Crippen LogP contribution in [-0.4, -0.2) is 45.7 Å². The number of aromatic nitrogens is 2. The minimum atomic E-state index is 0.109. The molecule has 6 heteroatoms. The average Bonchev–Trinajstić information content (AvgIpc) is 3.33. The number of hydrogen-bond acceptors (Lipinski definition) is 4. The second kappa shape index (κ2) is 6.70. The number of benzene rings is 1. The van der Waals surface area contributed by atoms with Crippen molar-refractivity contribution in [1.29, 1.82) is 0 Å². The molecule has 0 saturated carbocycles. The van der Waals surface area contributed by atoms with Gasteiger partial charge in [0.15, 0.2) is 0 Å². The number of hydrogen-bond donors (Lipinski definition) is 0. The molecule has 0 radical (unpaired) electrons. The highest BCUT2D eigenvalue weighted by molar-refractivity contribution is 5.94. The molecule has 3 heterocycles. The van der Waals surface area contributed by atoms with Crippen molar-refractivity contribution in [2.45, 2.75) is 32.2 Å². The summed E-state index contributed by atoms with van der Waals surface area (Å²) in [6, 6.07) is 8.14. The first kappa shape index (κ1) is 15.9. The highest BCUT2D eigenvalue weighted by atomic mass is 16.2. The molecule has 6 nitrogen and oxygen atoms in total. The second-order valence-electron chi connectivity index (χ2n) is 6.81. The molecule has 0 aliphatic carbocycles. The number of carbonyl (C=O) groups excluding carboxylic acids is 1. The average molecular weight is 337 g/mol. The lowest BCUT2D eigenvalue weighted by Gasteiger charge is -2.33. The lowest BCUT2D eigenvalue weighted by molar-refractivity contribution is 0.0679. The standard InChI is InChI=1S/C19H23N5O/c1-15-8-11-24(21-15)17-6-4-16(5-7-17)19(25)22-10-2-3-18(13-22)23-12-9-20-14-23/h4-7,9,12,14,18H,2-3,8,10-11,13H2,1H3/t18-/m1/s1. The Labute approximate surface area is 147 Å². The summed E-state index contributed by atoms with van der Waals surface area (Å²) in [5.74, 6) is 0.109. The van der Waals surface area contributed by atoms with Crippen LogP contribution in [0.5, 0.6) is 0 Å². The van der Waals surface area contributed by atoms with Crippen molar-refractivity contribution < 1.29 is 4.79 Å². The molecule has 1 aromatic heterocycles. The maximum atomic E-state index is 12.9. The van der Waals surface area contributed by atoms with Gasteiger partial charge in [-0.25, -0.2) is 4.98 Å². The summed E-state index contributed by atoms with van der Waals surface area (Å²) < 4.78 is 2.11. The van der Waals surface area contributed by atoms with Crippen molar-refractivity contribution in [3.05, 3.63) is 48.5 Å². The van der Waals surface area contributed by atoms with Gasteiger partial charge in [0, 0.05) is 49.7 Å². The Morgan fingerprint density at radius 3 is 2.72 bits per heavy atom. The Kier molecular flexibility index (Phi) is 4.26. The number of piperidine rings is 1. The van der Waals surface area contributed by atoms with Crippen LogP contribution in [-0.2, 0) is 0 Å². The largest absolute Gasteiger partial charge is 0.337 e. The van der Waals surface area contributed by atoms with E-state index in [2.05, 4.69) is 14.7 Å². The quantitative estimate of drug-likeness (QED) is 0.865. The van der Waals surface area contributed by atoms with Crippen LogP contribution in [0.25, 0.3) is 0 Å². The molecule has 2 aliphatic heterocycles. The SMILES string of the molecule is CC1=NN(c2ccc(C(=O)N3CCC[C@@H](n4ccnc4)C3)cc2)CC1. The first-order chi connectivity index (χ1) is 12.2. The van der Waals surface area contributed by atoms with Crippen molar-refractivity contribution in [2.75, 3.05) is 24.6 Å². The van der Waals surface area contributed by atoms with Crippen molar-refractivity contribution in [3.63, 3.8) is 0 Å². The topological polar surface area (TPSA) is 53.7 Å². The van der Waals surface area contributed by atoms with Gasteiger partial charge in [0.1, 0.15) is 0 Å². The third-order valence-corrected chi connectivity index (χ3v) is 5.02. The molecule has 2 aromatic rings. The van der Waals surface area contributed by atoms with Gasteiger partial charge in [-0.3, -0.25) is 9.80 Å². The zero-order valence-electron chi connectivity index (χ0n) is 14.5.